The number of nitrogens with zero attached hydrogens (tertiary/aromatic N) is 3. The van der Waals surface area contributed by atoms with Crippen LogP contribution < -0.4 is 11.1 Å². The lowest BCUT2D eigenvalue weighted by Crippen LogP contribution is -2.52. The minimum absolute atomic E-state index is 0.162. The van der Waals surface area contributed by atoms with Gasteiger partial charge in [0.1, 0.15) is 0 Å². The van der Waals surface area contributed by atoms with Crippen LogP contribution >= 0.6 is 0 Å². The summed E-state index contributed by atoms with van der Waals surface area (Å²) >= 11 is 0. The number of aromatic nitrogens is 3. The van der Waals surface area contributed by atoms with Crippen LogP contribution in [0.1, 0.15) is 32.1 Å². The van der Waals surface area contributed by atoms with Gasteiger partial charge in [-0.2, -0.15) is 0 Å². The highest BCUT2D eigenvalue weighted by Crippen LogP contribution is 2.27. The molecule has 0 unspecified atom stereocenters. The molecular weight excluding hydrogens is 242 g/mol. The van der Waals surface area contributed by atoms with Crippen molar-refractivity contribution in [2.75, 3.05) is 5.32 Å². The van der Waals surface area contributed by atoms with Crippen molar-refractivity contribution in [2.45, 2.75) is 37.6 Å². The van der Waals surface area contributed by atoms with E-state index in [1.54, 1.807) is 4.40 Å². The number of amides is 1. The van der Waals surface area contributed by atoms with E-state index in [1.807, 2.05) is 24.4 Å². The van der Waals surface area contributed by atoms with Gasteiger partial charge in [0.2, 0.25) is 11.9 Å². The van der Waals surface area contributed by atoms with E-state index in [1.165, 1.54) is 0 Å². The third-order valence-electron chi connectivity index (χ3n) is 3.74. The van der Waals surface area contributed by atoms with Crippen LogP contribution in [-0.4, -0.2) is 26.0 Å². The zero-order valence-electron chi connectivity index (χ0n) is 10.7. The van der Waals surface area contributed by atoms with Gasteiger partial charge in [-0.25, -0.2) is 0 Å². The predicted molar refractivity (Wildman–Crippen MR) is 71.6 cm³/mol. The molecule has 1 aliphatic rings. The number of nitrogens with one attached hydrogen (secondary N) is 1. The minimum Gasteiger partial charge on any atom is -0.317 e. The second kappa shape index (κ2) is 4.62. The maximum atomic E-state index is 12.3. The first-order chi connectivity index (χ1) is 9.19. The number of carbonyl (C=O) groups is 1. The molecule has 2 heterocycles. The molecule has 0 bridgehead atoms. The minimum atomic E-state index is -0.765. The van der Waals surface area contributed by atoms with E-state index in [0.29, 0.717) is 11.6 Å². The summed E-state index contributed by atoms with van der Waals surface area (Å²) in [4.78, 5) is 12.3. The molecule has 2 aromatic rings. The van der Waals surface area contributed by atoms with Gasteiger partial charge in [-0.1, -0.05) is 25.3 Å². The fourth-order valence-corrected chi connectivity index (χ4v) is 2.56. The molecule has 19 heavy (non-hydrogen) atoms. The topological polar surface area (TPSA) is 85.3 Å². The molecule has 1 saturated carbocycles. The van der Waals surface area contributed by atoms with Gasteiger partial charge in [-0.05, 0) is 25.0 Å². The lowest BCUT2D eigenvalue weighted by molar-refractivity contribution is -0.122. The summed E-state index contributed by atoms with van der Waals surface area (Å²) in [7, 11) is 0. The Labute approximate surface area is 111 Å². The molecule has 0 saturated heterocycles. The quantitative estimate of drug-likeness (QED) is 0.852. The fraction of sp³-hybridized carbons (Fsp3) is 0.462. The van der Waals surface area contributed by atoms with Crippen molar-refractivity contribution in [3.63, 3.8) is 0 Å². The Morgan fingerprint density at radius 1 is 1.26 bits per heavy atom. The van der Waals surface area contributed by atoms with E-state index in [0.717, 1.165) is 32.1 Å². The van der Waals surface area contributed by atoms with Crippen LogP contribution in [-0.2, 0) is 4.79 Å². The lowest BCUT2D eigenvalue weighted by Gasteiger charge is -2.31. The van der Waals surface area contributed by atoms with Crippen LogP contribution in [0.3, 0.4) is 0 Å². The van der Waals surface area contributed by atoms with E-state index in [-0.39, 0.29) is 5.91 Å². The highest BCUT2D eigenvalue weighted by atomic mass is 16.2. The molecule has 2 aromatic heterocycles. The number of hydrogen-bond donors (Lipinski definition) is 2. The molecule has 100 valence electrons. The molecule has 0 aliphatic heterocycles. The maximum absolute atomic E-state index is 12.3. The number of anilines is 1. The van der Waals surface area contributed by atoms with Crippen LogP contribution in [0.25, 0.3) is 5.65 Å². The standard InChI is InChI=1S/C13H17N5O/c14-13(7-3-1-4-8-13)11(19)15-12-17-16-10-6-2-5-9-18(10)12/h2,5-6,9H,1,3-4,7-8,14H2,(H,15,17,19). The number of carbonyl (C=O) groups excluding carboxylic acids is 1. The summed E-state index contributed by atoms with van der Waals surface area (Å²) < 4.78 is 1.74. The number of pyridine rings is 1. The molecular formula is C13H17N5O. The average molecular weight is 259 g/mol. The van der Waals surface area contributed by atoms with Crippen molar-refractivity contribution < 1.29 is 4.79 Å². The molecule has 3 rings (SSSR count). The van der Waals surface area contributed by atoms with Gasteiger partial charge >= 0.3 is 0 Å². The summed E-state index contributed by atoms with van der Waals surface area (Å²) in [5.74, 6) is 0.265. The zero-order chi connectivity index (χ0) is 13.3. The van der Waals surface area contributed by atoms with Gasteiger partial charge in [-0.15, -0.1) is 10.2 Å². The van der Waals surface area contributed by atoms with E-state index in [2.05, 4.69) is 15.5 Å². The molecule has 0 spiro atoms. The smallest absolute Gasteiger partial charge is 0.246 e. The Bertz CT molecular complexity index is 600. The lowest BCUT2D eigenvalue weighted by atomic mass is 9.82. The van der Waals surface area contributed by atoms with Gasteiger partial charge in [0.05, 0.1) is 5.54 Å². The SMILES string of the molecule is NC1(C(=O)Nc2nnc3ccccn23)CCCCC1. The van der Waals surface area contributed by atoms with Crippen LogP contribution in [0.4, 0.5) is 5.95 Å². The summed E-state index contributed by atoms with van der Waals surface area (Å²) in [6.07, 6.45) is 6.44. The molecule has 1 fully saturated rings. The Morgan fingerprint density at radius 3 is 2.84 bits per heavy atom. The highest BCUT2D eigenvalue weighted by Gasteiger charge is 2.35. The average Bonchev–Trinajstić information content (AvgIpc) is 2.83. The Morgan fingerprint density at radius 2 is 2.05 bits per heavy atom. The maximum Gasteiger partial charge on any atom is 0.246 e. The summed E-state index contributed by atoms with van der Waals surface area (Å²) in [5.41, 5.74) is 6.13. The predicted octanol–water partition coefficient (Wildman–Crippen LogP) is 1.33. The Hall–Kier alpha value is -1.95. The van der Waals surface area contributed by atoms with Gasteiger partial charge < -0.3 is 5.73 Å². The van der Waals surface area contributed by atoms with E-state index in [4.69, 9.17) is 5.73 Å². The fourth-order valence-electron chi connectivity index (χ4n) is 2.56. The summed E-state index contributed by atoms with van der Waals surface area (Å²) in [6.45, 7) is 0. The van der Waals surface area contributed by atoms with Gasteiger partial charge in [0, 0.05) is 6.20 Å². The molecule has 1 aliphatic carbocycles. The van der Waals surface area contributed by atoms with Crippen molar-refractivity contribution in [3.05, 3.63) is 24.4 Å². The molecule has 0 atom stereocenters. The number of hydrogen-bond acceptors (Lipinski definition) is 4. The largest absolute Gasteiger partial charge is 0.317 e. The van der Waals surface area contributed by atoms with Gasteiger partial charge in [-0.3, -0.25) is 14.5 Å². The highest BCUT2D eigenvalue weighted by molar-refractivity contribution is 5.97. The Kier molecular flexibility index (Phi) is 2.94. The molecule has 6 nitrogen and oxygen atoms in total. The van der Waals surface area contributed by atoms with Crippen molar-refractivity contribution >= 4 is 17.5 Å². The van der Waals surface area contributed by atoms with Crippen LogP contribution in [0.15, 0.2) is 24.4 Å². The first kappa shape index (κ1) is 12.1. The second-order valence-electron chi connectivity index (χ2n) is 5.12. The number of nitrogens with two attached hydrogens (primary N) is 1. The van der Waals surface area contributed by atoms with Crippen molar-refractivity contribution in [1.82, 2.24) is 14.6 Å². The van der Waals surface area contributed by atoms with Gasteiger partial charge in [0.15, 0.2) is 5.65 Å². The summed E-state index contributed by atoms with van der Waals surface area (Å²) in [5, 5.41) is 10.8. The van der Waals surface area contributed by atoms with Crippen LogP contribution in [0, 0.1) is 0 Å². The normalized spacial score (nSPS) is 18.4. The van der Waals surface area contributed by atoms with Crippen LogP contribution in [0.5, 0.6) is 0 Å². The number of rotatable bonds is 2. The van der Waals surface area contributed by atoms with Crippen molar-refractivity contribution in [1.29, 1.82) is 0 Å². The third-order valence-corrected chi connectivity index (χ3v) is 3.74. The zero-order valence-corrected chi connectivity index (χ0v) is 10.7. The van der Waals surface area contributed by atoms with E-state index < -0.39 is 5.54 Å². The number of fused-ring (bicyclic) bond motifs is 1. The molecule has 1 amide bonds. The van der Waals surface area contributed by atoms with E-state index in [9.17, 15) is 4.79 Å². The van der Waals surface area contributed by atoms with Crippen LogP contribution in [0.2, 0.25) is 0 Å². The summed E-state index contributed by atoms with van der Waals surface area (Å²) in [6, 6.07) is 5.58. The monoisotopic (exact) mass is 259 g/mol. The molecule has 3 N–H and O–H groups in total. The molecule has 6 heteroatoms. The van der Waals surface area contributed by atoms with E-state index >= 15 is 0 Å². The van der Waals surface area contributed by atoms with Crippen molar-refractivity contribution in [2.24, 2.45) is 5.73 Å². The first-order valence-corrected chi connectivity index (χ1v) is 6.59. The van der Waals surface area contributed by atoms with Gasteiger partial charge in [0.25, 0.3) is 0 Å². The molecule has 0 aromatic carbocycles. The first-order valence-electron chi connectivity index (χ1n) is 6.59. The second-order valence-corrected chi connectivity index (χ2v) is 5.12. The molecule has 0 radical (unpaired) electrons. The Balaban J connectivity index is 1.82. The van der Waals surface area contributed by atoms with Crippen molar-refractivity contribution in [3.8, 4) is 0 Å². The third kappa shape index (κ3) is 2.19.